The average molecular weight is 556 g/mol. The highest BCUT2D eigenvalue weighted by atomic mass is 16.5. The van der Waals surface area contributed by atoms with Crippen LogP contribution in [-0.4, -0.2) is 40.0 Å². The van der Waals surface area contributed by atoms with Crippen molar-refractivity contribution in [1.29, 1.82) is 0 Å². The van der Waals surface area contributed by atoms with Crippen LogP contribution in [0.1, 0.15) is 56.8 Å². The first-order valence-electron chi connectivity index (χ1n) is 14.2. The van der Waals surface area contributed by atoms with Crippen LogP contribution in [0.5, 0.6) is 5.75 Å². The summed E-state index contributed by atoms with van der Waals surface area (Å²) in [5.74, 6) is -1.46. The van der Waals surface area contributed by atoms with Gasteiger partial charge in [-0.1, -0.05) is 61.5 Å². The smallest absolute Gasteiger partial charge is 0.238 e. The number of nitrogens with zero attached hydrogens (tertiary/aromatic N) is 2. The number of hydrogen-bond acceptors (Lipinski definition) is 6. The maximum Gasteiger partial charge on any atom is 0.238 e. The predicted octanol–water partition coefficient (Wildman–Crippen LogP) is 5.85. The summed E-state index contributed by atoms with van der Waals surface area (Å²) < 4.78 is 6.00. The fourth-order valence-electron chi connectivity index (χ4n) is 7.02. The number of ether oxygens (including phenoxy) is 1. The highest BCUT2D eigenvalue weighted by Crippen LogP contribution is 2.62. The van der Waals surface area contributed by atoms with Gasteiger partial charge in [-0.05, 0) is 59.5 Å². The van der Waals surface area contributed by atoms with Crippen LogP contribution in [-0.2, 0) is 10.2 Å². The van der Waals surface area contributed by atoms with Gasteiger partial charge in [0.15, 0.2) is 11.6 Å². The van der Waals surface area contributed by atoms with E-state index in [1.165, 1.54) is 6.20 Å². The van der Waals surface area contributed by atoms with Crippen LogP contribution < -0.4 is 10.1 Å². The molecule has 4 atom stereocenters. The van der Waals surface area contributed by atoms with Crippen molar-refractivity contribution in [3.05, 3.63) is 131 Å². The quantitative estimate of drug-likeness (QED) is 0.288. The van der Waals surface area contributed by atoms with Gasteiger partial charge in [-0.2, -0.15) is 0 Å². The van der Waals surface area contributed by atoms with E-state index >= 15 is 0 Å². The molecule has 0 unspecified atom stereocenters. The summed E-state index contributed by atoms with van der Waals surface area (Å²) in [4.78, 5) is 50.3. The number of para-hydroxylation sites is 2. The number of benzene rings is 3. The van der Waals surface area contributed by atoms with Crippen molar-refractivity contribution in [2.75, 3.05) is 11.9 Å². The molecule has 3 aliphatic rings. The molecule has 0 bridgehead atoms. The molecule has 7 rings (SSSR count). The SMILES string of the molecule is CCCOc1ccccc1C(=O)[C@H]1[C@@H](C(=O)c2cccnc2)[C@]2(C(=O)Nc3ccccc32)[C@H]2c3ccccc3C=CN12. The van der Waals surface area contributed by atoms with E-state index in [0.29, 0.717) is 34.7 Å². The van der Waals surface area contributed by atoms with Crippen molar-refractivity contribution in [2.24, 2.45) is 5.92 Å². The number of amides is 1. The molecule has 1 amide bonds. The number of nitrogens with one attached hydrogen (secondary N) is 1. The number of carbonyl (C=O) groups is 3. The van der Waals surface area contributed by atoms with Crippen LogP contribution in [0.25, 0.3) is 6.08 Å². The molecule has 1 saturated heterocycles. The van der Waals surface area contributed by atoms with E-state index in [0.717, 1.165) is 17.5 Å². The van der Waals surface area contributed by atoms with Gasteiger partial charge in [0.2, 0.25) is 5.91 Å². The molecular formula is C35H29N3O4. The zero-order valence-corrected chi connectivity index (χ0v) is 23.1. The number of hydrogen-bond donors (Lipinski definition) is 1. The van der Waals surface area contributed by atoms with Gasteiger partial charge in [-0.3, -0.25) is 19.4 Å². The van der Waals surface area contributed by atoms with Crippen LogP contribution in [0.15, 0.2) is 104 Å². The maximum atomic E-state index is 14.8. The van der Waals surface area contributed by atoms with Gasteiger partial charge in [0, 0.05) is 29.8 Å². The molecular weight excluding hydrogens is 526 g/mol. The molecule has 4 aromatic rings. The minimum Gasteiger partial charge on any atom is -0.493 e. The summed E-state index contributed by atoms with van der Waals surface area (Å²) >= 11 is 0. The van der Waals surface area contributed by atoms with Gasteiger partial charge in [-0.15, -0.1) is 0 Å². The lowest BCUT2D eigenvalue weighted by Gasteiger charge is -2.38. The lowest BCUT2D eigenvalue weighted by atomic mass is 9.62. The van der Waals surface area contributed by atoms with Gasteiger partial charge in [0.05, 0.1) is 24.1 Å². The number of fused-ring (bicyclic) bond motifs is 6. The molecule has 7 heteroatoms. The summed E-state index contributed by atoms with van der Waals surface area (Å²) in [6.45, 7) is 2.46. The summed E-state index contributed by atoms with van der Waals surface area (Å²) in [5.41, 5.74) is 2.55. The number of carbonyl (C=O) groups excluding carboxylic acids is 3. The van der Waals surface area contributed by atoms with E-state index in [-0.39, 0.29) is 17.5 Å². The summed E-state index contributed by atoms with van der Waals surface area (Å²) in [5, 5.41) is 3.08. The monoisotopic (exact) mass is 555 g/mol. The summed E-state index contributed by atoms with van der Waals surface area (Å²) in [6.07, 6.45) is 7.72. The van der Waals surface area contributed by atoms with Crippen LogP contribution in [0.4, 0.5) is 5.69 Å². The number of ketones is 2. The fraction of sp³-hybridized carbons (Fsp3) is 0.200. The molecule has 3 aliphatic heterocycles. The van der Waals surface area contributed by atoms with Crippen molar-refractivity contribution >= 4 is 29.2 Å². The van der Waals surface area contributed by atoms with Crippen molar-refractivity contribution in [1.82, 2.24) is 9.88 Å². The predicted molar refractivity (Wildman–Crippen MR) is 159 cm³/mol. The first-order valence-corrected chi connectivity index (χ1v) is 14.2. The molecule has 1 spiro atoms. The van der Waals surface area contributed by atoms with Crippen molar-refractivity contribution in [2.45, 2.75) is 30.8 Å². The lowest BCUT2D eigenvalue weighted by molar-refractivity contribution is -0.122. The third kappa shape index (κ3) is 3.66. The van der Waals surface area contributed by atoms with Crippen molar-refractivity contribution < 1.29 is 19.1 Å². The first-order chi connectivity index (χ1) is 20.6. The number of pyridine rings is 1. The fourth-order valence-corrected chi connectivity index (χ4v) is 7.02. The Hall–Kier alpha value is -5.04. The normalized spacial score (nSPS) is 23.2. The molecule has 1 fully saturated rings. The highest BCUT2D eigenvalue weighted by Gasteiger charge is 2.70. The molecule has 0 radical (unpaired) electrons. The van der Waals surface area contributed by atoms with Crippen LogP contribution in [0.2, 0.25) is 0 Å². The topological polar surface area (TPSA) is 88.6 Å². The van der Waals surface area contributed by atoms with Gasteiger partial charge >= 0.3 is 0 Å². The van der Waals surface area contributed by atoms with Gasteiger partial charge in [-0.25, -0.2) is 0 Å². The molecule has 208 valence electrons. The largest absolute Gasteiger partial charge is 0.493 e. The standard InChI is InChI=1S/C35H29N3O4/c1-2-20-42-28-16-8-5-13-25(28)32(40)30-29(31(39)23-11-9-18-36-21-23)35(26-14-6-7-15-27(26)37-34(35)41)33-24-12-4-3-10-22(24)17-19-38(30)33/h3-19,21,29-30,33H,2,20H2,1H3,(H,37,41)/t29-,30+,33+,35-/m0/s1. The van der Waals surface area contributed by atoms with Gasteiger partial charge < -0.3 is 15.0 Å². The second-order valence-electron chi connectivity index (χ2n) is 10.9. The first kappa shape index (κ1) is 25.9. The highest BCUT2D eigenvalue weighted by molar-refractivity contribution is 6.17. The van der Waals surface area contributed by atoms with E-state index in [2.05, 4.69) is 10.3 Å². The van der Waals surface area contributed by atoms with Crippen molar-refractivity contribution in [3.63, 3.8) is 0 Å². The molecule has 1 N–H and O–H groups in total. The van der Waals surface area contributed by atoms with E-state index in [4.69, 9.17) is 4.74 Å². The Morgan fingerprint density at radius 2 is 1.74 bits per heavy atom. The van der Waals surface area contributed by atoms with Crippen LogP contribution in [0, 0.1) is 5.92 Å². The van der Waals surface area contributed by atoms with Crippen LogP contribution in [0.3, 0.4) is 0 Å². The van der Waals surface area contributed by atoms with E-state index in [1.807, 2.05) is 78.7 Å². The summed E-state index contributed by atoms with van der Waals surface area (Å²) in [7, 11) is 0. The second-order valence-corrected chi connectivity index (χ2v) is 10.9. The average Bonchev–Trinajstić information content (AvgIpc) is 3.52. The van der Waals surface area contributed by atoms with Crippen molar-refractivity contribution in [3.8, 4) is 5.75 Å². The van der Waals surface area contributed by atoms with E-state index < -0.39 is 23.4 Å². The minimum atomic E-state index is -1.38. The Kier molecular flexibility index (Phi) is 6.23. The third-order valence-electron chi connectivity index (χ3n) is 8.68. The Bertz CT molecular complexity index is 1750. The Morgan fingerprint density at radius 3 is 2.57 bits per heavy atom. The number of rotatable bonds is 7. The second kappa shape index (κ2) is 10.1. The summed E-state index contributed by atoms with van der Waals surface area (Å²) in [6, 6.07) is 24.3. The molecule has 7 nitrogen and oxygen atoms in total. The Morgan fingerprint density at radius 1 is 0.952 bits per heavy atom. The molecule has 1 aromatic heterocycles. The molecule has 42 heavy (non-hydrogen) atoms. The molecule has 0 saturated carbocycles. The molecule has 0 aliphatic carbocycles. The number of aromatic nitrogens is 1. The number of Topliss-reactive ketones (excluding diaryl/α,β-unsaturated/α-hetero) is 2. The lowest BCUT2D eigenvalue weighted by Crippen LogP contribution is -2.49. The van der Waals surface area contributed by atoms with Gasteiger partial charge in [0.25, 0.3) is 0 Å². The third-order valence-corrected chi connectivity index (χ3v) is 8.68. The minimum absolute atomic E-state index is 0.271. The zero-order chi connectivity index (χ0) is 28.8. The molecule has 3 aromatic carbocycles. The van der Waals surface area contributed by atoms with E-state index in [1.54, 1.807) is 36.5 Å². The van der Waals surface area contributed by atoms with Gasteiger partial charge in [0.1, 0.15) is 17.2 Å². The van der Waals surface area contributed by atoms with Crippen LogP contribution >= 0.6 is 0 Å². The zero-order valence-electron chi connectivity index (χ0n) is 23.1. The Balaban J connectivity index is 1.52. The maximum absolute atomic E-state index is 14.8. The Labute approximate surface area is 243 Å². The van der Waals surface area contributed by atoms with E-state index in [9.17, 15) is 14.4 Å². The number of anilines is 1. The molecule has 4 heterocycles.